The predicted octanol–water partition coefficient (Wildman–Crippen LogP) is -4.27. The predicted molar refractivity (Wildman–Crippen MR) is 192 cm³/mol. The van der Waals surface area contributed by atoms with Gasteiger partial charge in [0.05, 0.1) is 24.0 Å². The third-order valence-electron chi connectivity index (χ3n) is 8.23. The summed E-state index contributed by atoms with van der Waals surface area (Å²) in [4.78, 5) is 67.2. The van der Waals surface area contributed by atoms with E-state index in [0.717, 1.165) is 22.7 Å². The zero-order valence-electron chi connectivity index (χ0n) is 31.8. The number of carbonyl (C=O) groups is 4. The van der Waals surface area contributed by atoms with Crippen LogP contribution < -0.4 is 89.8 Å². The molecular weight excluding hydrogens is 759 g/mol. The number of fused-ring (bicyclic) bond motifs is 1. The number of unbranched alkanes of at least 4 members (excludes halogenated alkanes) is 1. The van der Waals surface area contributed by atoms with Crippen LogP contribution in [0.2, 0.25) is 0 Å². The molecule has 5 N–H and O–H groups in total. The second-order valence-corrected chi connectivity index (χ2v) is 17.6. The number of amides is 3. The van der Waals surface area contributed by atoms with Crippen LogP contribution in [0.25, 0.3) is 10.9 Å². The van der Waals surface area contributed by atoms with Crippen molar-refractivity contribution in [2.45, 2.75) is 77.3 Å². The quantitative estimate of drug-likeness (QED) is 0.0395. The van der Waals surface area contributed by atoms with Gasteiger partial charge in [-0.3, -0.25) is 9.59 Å². The normalized spacial score (nSPS) is 14.6. The SMILES string of the molecule is CC(C)CC(NC(=O)[C@H](CCCCNC(=O)OCc1ccccc1)NS(C)(=O)=O)P(=O)([O-])CC(C)C(=O)N[C@@H](Cc1c[nH]c2ccccc12)C(=O)[O-].[Na+].[Na+]. The largest absolute Gasteiger partial charge is 1.00 e. The summed E-state index contributed by atoms with van der Waals surface area (Å²) in [5, 5.41) is 20.2. The summed E-state index contributed by atoms with van der Waals surface area (Å²) in [7, 11) is -8.48. The van der Waals surface area contributed by atoms with E-state index in [9.17, 15) is 42.2 Å². The minimum absolute atomic E-state index is 0. The number of carboxylic acid groups (broad SMARTS) is 1. The first-order valence-electron chi connectivity index (χ1n) is 17.0. The fraction of sp³-hybridized carbons (Fsp3) is 0.486. The number of ether oxygens (including phenoxy) is 1. The monoisotopic (exact) mass is 807 g/mol. The van der Waals surface area contributed by atoms with Crippen LogP contribution in [0.15, 0.2) is 60.8 Å². The van der Waals surface area contributed by atoms with E-state index in [4.69, 9.17) is 4.74 Å². The molecule has 0 aliphatic carbocycles. The van der Waals surface area contributed by atoms with Gasteiger partial charge >= 0.3 is 65.2 Å². The number of rotatable bonds is 21. The number of aromatic nitrogens is 1. The van der Waals surface area contributed by atoms with E-state index >= 15 is 0 Å². The first-order valence-corrected chi connectivity index (χ1v) is 20.8. The Balaban J connectivity index is 0.00000729. The molecule has 1 heterocycles. The standard InChI is InChI=1S/C35H50N5O10PS.2Na/c1-23(2)18-31(39-33(42)29(40-52(4,48)49)16-10-11-17-36-35(45)50-21-25-12-6-5-7-13-25)51(46,47)22-24(3)32(41)38-30(34(43)44)19-26-20-37-28-15-9-8-14-27(26)28;;/h5-9,12-15,20,23-24,29-31,37,40H,10-11,16-19,21-22H2,1-4H3,(H,36,45)(H,38,41)(H,39,42)(H,43,44)(H,46,47);;/q;2*+1/p-2/t24?,29-,30-,31?;;/m0../s1. The number of hydrogen-bond donors (Lipinski definition) is 5. The van der Waals surface area contributed by atoms with Crippen molar-refractivity contribution in [1.29, 1.82) is 0 Å². The maximum atomic E-state index is 13.7. The number of H-pyrrole nitrogens is 1. The molecule has 3 aromatic rings. The molecule has 19 heteroatoms. The molecule has 1 aromatic heterocycles. The molecule has 0 radical (unpaired) electrons. The molecule has 3 unspecified atom stereocenters. The van der Waals surface area contributed by atoms with Gasteiger partial charge in [0.25, 0.3) is 0 Å². The van der Waals surface area contributed by atoms with E-state index in [2.05, 4.69) is 25.7 Å². The smallest absolute Gasteiger partial charge is 0.798 e. The third kappa shape index (κ3) is 17.3. The average Bonchev–Trinajstić information content (AvgIpc) is 3.48. The van der Waals surface area contributed by atoms with E-state index < -0.39 is 71.2 Å². The van der Waals surface area contributed by atoms with E-state index in [-0.39, 0.29) is 97.4 Å². The number of hydrogen-bond acceptors (Lipinski definition) is 10. The summed E-state index contributed by atoms with van der Waals surface area (Å²) in [6, 6.07) is 13.6. The Labute approximate surface area is 361 Å². The van der Waals surface area contributed by atoms with Crippen molar-refractivity contribution in [3.63, 3.8) is 0 Å². The van der Waals surface area contributed by atoms with Crippen LogP contribution in [0.4, 0.5) is 4.79 Å². The number of benzene rings is 2. The Morgan fingerprint density at radius 1 is 0.907 bits per heavy atom. The van der Waals surface area contributed by atoms with Gasteiger partial charge in [-0.1, -0.05) is 69.3 Å². The van der Waals surface area contributed by atoms with E-state index in [1.165, 1.54) is 6.92 Å². The molecule has 286 valence electrons. The first kappa shape index (κ1) is 49.8. The molecule has 0 bridgehead atoms. The Hall–Kier alpha value is -2.24. The van der Waals surface area contributed by atoms with Crippen LogP contribution in [0, 0.1) is 11.8 Å². The van der Waals surface area contributed by atoms with Crippen molar-refractivity contribution in [3.8, 4) is 0 Å². The van der Waals surface area contributed by atoms with Gasteiger partial charge in [-0.05, 0) is 48.8 Å². The maximum absolute atomic E-state index is 13.7. The van der Waals surface area contributed by atoms with Crippen molar-refractivity contribution in [2.24, 2.45) is 11.8 Å². The van der Waals surface area contributed by atoms with Crippen LogP contribution in [0.1, 0.15) is 57.6 Å². The van der Waals surface area contributed by atoms with Gasteiger partial charge in [0.2, 0.25) is 21.8 Å². The Morgan fingerprint density at radius 3 is 2.19 bits per heavy atom. The Bertz CT molecular complexity index is 1830. The van der Waals surface area contributed by atoms with E-state index in [1.54, 1.807) is 32.2 Å². The van der Waals surface area contributed by atoms with Gasteiger partial charge in [-0.2, -0.15) is 0 Å². The summed E-state index contributed by atoms with van der Waals surface area (Å²) < 4.78 is 45.3. The summed E-state index contributed by atoms with van der Waals surface area (Å²) >= 11 is 0. The molecule has 3 rings (SSSR count). The van der Waals surface area contributed by atoms with Gasteiger partial charge in [0.15, 0.2) is 0 Å². The van der Waals surface area contributed by atoms with Gasteiger partial charge < -0.3 is 45.0 Å². The van der Waals surface area contributed by atoms with Crippen LogP contribution in [0.5, 0.6) is 0 Å². The number of sulfonamides is 1. The number of aliphatic carboxylic acids is 1. The Kier molecular flexibility index (Phi) is 21.9. The van der Waals surface area contributed by atoms with Crippen LogP contribution in [0.3, 0.4) is 0 Å². The number of carbonyl (C=O) groups excluding carboxylic acids is 4. The molecule has 3 amide bonds. The van der Waals surface area contributed by atoms with Crippen molar-refractivity contribution in [2.75, 3.05) is 19.0 Å². The fourth-order valence-electron chi connectivity index (χ4n) is 5.59. The fourth-order valence-corrected chi connectivity index (χ4v) is 8.58. The van der Waals surface area contributed by atoms with Crippen LogP contribution in [-0.2, 0) is 46.7 Å². The number of aromatic amines is 1. The molecule has 15 nitrogen and oxygen atoms in total. The van der Waals surface area contributed by atoms with Crippen LogP contribution in [-0.4, -0.2) is 74.1 Å². The molecule has 0 saturated carbocycles. The van der Waals surface area contributed by atoms with Gasteiger partial charge in [-0.25, -0.2) is 17.9 Å². The number of para-hydroxylation sites is 1. The summed E-state index contributed by atoms with van der Waals surface area (Å²) in [5.74, 6) is -6.09. The summed E-state index contributed by atoms with van der Waals surface area (Å²) in [6.45, 7) is 5.10. The second kappa shape index (κ2) is 23.7. The molecule has 5 atom stereocenters. The molecule has 0 saturated heterocycles. The number of nitrogens with one attached hydrogen (secondary N) is 5. The van der Waals surface area contributed by atoms with Gasteiger partial charge in [-0.15, -0.1) is 0 Å². The number of alkyl carbamates (subject to hydrolysis) is 1. The van der Waals surface area contributed by atoms with Crippen LogP contribution >= 0.6 is 7.37 Å². The zero-order chi connectivity index (χ0) is 38.5. The molecule has 0 aliphatic heterocycles. The van der Waals surface area contributed by atoms with Crippen molar-refractivity contribution in [1.82, 2.24) is 25.7 Å². The van der Waals surface area contributed by atoms with Gasteiger partial charge in [0.1, 0.15) is 12.6 Å². The Morgan fingerprint density at radius 2 is 1.56 bits per heavy atom. The summed E-state index contributed by atoms with van der Waals surface area (Å²) in [5.41, 5.74) is 2.22. The maximum Gasteiger partial charge on any atom is 1.00 e. The van der Waals surface area contributed by atoms with Crippen molar-refractivity contribution in [3.05, 3.63) is 71.9 Å². The minimum Gasteiger partial charge on any atom is -0.798 e. The van der Waals surface area contributed by atoms with Gasteiger partial charge in [0, 0.05) is 49.5 Å². The molecule has 2 aromatic carbocycles. The third-order valence-corrected chi connectivity index (χ3v) is 11.3. The molecule has 54 heavy (non-hydrogen) atoms. The average molecular weight is 808 g/mol. The zero-order valence-corrected chi connectivity index (χ0v) is 37.5. The molecule has 0 aliphatic rings. The minimum atomic E-state index is -4.59. The molecule has 0 fully saturated rings. The summed E-state index contributed by atoms with van der Waals surface area (Å²) in [6.07, 6.45) is 1.70. The van der Waals surface area contributed by atoms with Crippen molar-refractivity contribution < 1.29 is 106 Å². The topological polar surface area (TPSA) is 239 Å². The number of carboxylic acids is 1. The van der Waals surface area contributed by atoms with E-state index in [1.807, 2.05) is 42.5 Å². The second-order valence-electron chi connectivity index (χ2n) is 13.3. The molecular formula is C35H48N5Na2O10PS. The molecule has 0 spiro atoms. The van der Waals surface area contributed by atoms with E-state index in [0.29, 0.717) is 18.4 Å². The first-order chi connectivity index (χ1) is 24.4. The van der Waals surface area contributed by atoms with Crippen molar-refractivity contribution >= 4 is 52.2 Å².